The summed E-state index contributed by atoms with van der Waals surface area (Å²) in [6, 6.07) is 1.90. The molecule has 0 unspecified atom stereocenters. The van der Waals surface area contributed by atoms with Crippen LogP contribution in [-0.2, 0) is 16.0 Å². The van der Waals surface area contributed by atoms with Crippen LogP contribution in [0.2, 0.25) is 0 Å². The van der Waals surface area contributed by atoms with Gasteiger partial charge in [-0.2, -0.15) is 5.10 Å². The number of methoxy groups -OCH3 is 1. The number of carbonyl (C=O) groups is 2. The fraction of sp³-hybridized carbons (Fsp3) is 0.526. The minimum atomic E-state index is -0.384. The Kier molecular flexibility index (Phi) is 6.63. The maximum Gasteiger partial charge on any atom is 0.407 e. The van der Waals surface area contributed by atoms with E-state index in [2.05, 4.69) is 30.8 Å². The second-order valence-electron chi connectivity index (χ2n) is 7.29. The highest BCUT2D eigenvalue weighted by molar-refractivity contribution is 5.91. The largest absolute Gasteiger partial charge is 0.480 e. The zero-order valence-corrected chi connectivity index (χ0v) is 16.8. The van der Waals surface area contributed by atoms with Gasteiger partial charge in [0.2, 0.25) is 11.8 Å². The number of nitrogens with zero attached hydrogens (tertiary/aromatic N) is 3. The summed E-state index contributed by atoms with van der Waals surface area (Å²) in [5.74, 6) is 0.866. The average Bonchev–Trinajstić information content (AvgIpc) is 3.31. The summed E-state index contributed by atoms with van der Waals surface area (Å²) >= 11 is 0. The molecule has 0 bridgehead atoms. The zero-order valence-electron chi connectivity index (χ0n) is 16.8. The van der Waals surface area contributed by atoms with Gasteiger partial charge in [-0.05, 0) is 33.1 Å². The van der Waals surface area contributed by atoms with Crippen LogP contribution < -0.4 is 15.4 Å². The van der Waals surface area contributed by atoms with Crippen molar-refractivity contribution in [3.05, 3.63) is 29.8 Å². The van der Waals surface area contributed by atoms with Crippen LogP contribution in [0.1, 0.15) is 50.4 Å². The van der Waals surface area contributed by atoms with Crippen molar-refractivity contribution in [3.8, 4) is 5.88 Å². The number of anilines is 1. The van der Waals surface area contributed by atoms with E-state index in [4.69, 9.17) is 9.47 Å². The zero-order chi connectivity index (χ0) is 20.8. The molecule has 0 saturated heterocycles. The summed E-state index contributed by atoms with van der Waals surface area (Å²) in [7, 11) is 1.51. The van der Waals surface area contributed by atoms with Crippen molar-refractivity contribution in [3.63, 3.8) is 0 Å². The van der Waals surface area contributed by atoms with Gasteiger partial charge in [0.25, 0.3) is 0 Å². The van der Waals surface area contributed by atoms with Crippen molar-refractivity contribution >= 4 is 17.8 Å². The molecule has 2 atom stereocenters. The van der Waals surface area contributed by atoms with Gasteiger partial charge in [-0.15, -0.1) is 0 Å². The lowest BCUT2D eigenvalue weighted by molar-refractivity contribution is -0.115. The molecule has 0 aliphatic heterocycles. The topological polar surface area (TPSA) is 131 Å². The Hall–Kier alpha value is -3.17. The smallest absolute Gasteiger partial charge is 0.407 e. The minimum absolute atomic E-state index is 0.0706. The number of aromatic nitrogens is 4. The molecule has 2 amide bonds. The van der Waals surface area contributed by atoms with Gasteiger partial charge in [-0.3, -0.25) is 14.9 Å². The monoisotopic (exact) mass is 402 g/mol. The van der Waals surface area contributed by atoms with E-state index in [9.17, 15) is 9.59 Å². The molecule has 3 N–H and O–H groups in total. The first-order valence-electron chi connectivity index (χ1n) is 9.60. The maximum absolute atomic E-state index is 12.2. The van der Waals surface area contributed by atoms with E-state index in [1.54, 1.807) is 0 Å². The highest BCUT2D eigenvalue weighted by Crippen LogP contribution is 2.34. The number of ether oxygens (including phenoxy) is 2. The van der Waals surface area contributed by atoms with E-state index >= 15 is 0 Å². The van der Waals surface area contributed by atoms with Crippen LogP contribution in [0.4, 0.5) is 10.6 Å². The molecule has 10 nitrogen and oxygen atoms in total. The van der Waals surface area contributed by atoms with E-state index in [-0.39, 0.29) is 36.5 Å². The third-order valence-corrected chi connectivity index (χ3v) is 4.63. The summed E-state index contributed by atoms with van der Waals surface area (Å²) in [5, 5.41) is 12.8. The molecule has 1 fully saturated rings. The molecule has 10 heteroatoms. The molecular weight excluding hydrogens is 376 g/mol. The first kappa shape index (κ1) is 20.6. The van der Waals surface area contributed by atoms with Gasteiger partial charge in [-0.25, -0.2) is 9.78 Å². The van der Waals surface area contributed by atoms with Crippen molar-refractivity contribution in [2.75, 3.05) is 12.4 Å². The van der Waals surface area contributed by atoms with Crippen molar-refractivity contribution in [1.29, 1.82) is 0 Å². The van der Waals surface area contributed by atoms with Crippen LogP contribution in [0.3, 0.4) is 0 Å². The molecule has 1 aliphatic carbocycles. The number of rotatable bonds is 7. The molecule has 0 spiro atoms. The van der Waals surface area contributed by atoms with Gasteiger partial charge in [0.05, 0.1) is 37.7 Å². The fourth-order valence-corrected chi connectivity index (χ4v) is 3.31. The van der Waals surface area contributed by atoms with E-state index in [0.717, 1.165) is 25.0 Å². The lowest BCUT2D eigenvalue weighted by atomic mass is 10.0. The van der Waals surface area contributed by atoms with E-state index in [1.807, 2.05) is 19.9 Å². The Morgan fingerprint density at radius 1 is 1.28 bits per heavy atom. The van der Waals surface area contributed by atoms with E-state index in [1.165, 1.54) is 19.5 Å². The number of nitrogens with one attached hydrogen (secondary N) is 3. The quantitative estimate of drug-likeness (QED) is 0.647. The third kappa shape index (κ3) is 5.90. The molecule has 29 heavy (non-hydrogen) atoms. The van der Waals surface area contributed by atoms with Gasteiger partial charge >= 0.3 is 6.09 Å². The maximum atomic E-state index is 12.2. The van der Waals surface area contributed by atoms with Crippen LogP contribution >= 0.6 is 0 Å². The predicted molar refractivity (Wildman–Crippen MR) is 105 cm³/mol. The summed E-state index contributed by atoms with van der Waals surface area (Å²) in [6.45, 7) is 3.64. The minimum Gasteiger partial charge on any atom is -0.480 e. The van der Waals surface area contributed by atoms with Crippen molar-refractivity contribution < 1.29 is 19.1 Å². The lowest BCUT2D eigenvalue weighted by Crippen LogP contribution is -2.34. The summed E-state index contributed by atoms with van der Waals surface area (Å²) in [5.41, 5.74) is 1.48. The van der Waals surface area contributed by atoms with Gasteiger partial charge in [-0.1, -0.05) is 0 Å². The number of amides is 2. The number of hydrogen-bond donors (Lipinski definition) is 3. The number of carbonyl (C=O) groups excluding carboxylic acids is 2. The molecular formula is C19H26N6O4. The molecule has 156 valence electrons. The predicted octanol–water partition coefficient (Wildman–Crippen LogP) is 2.16. The molecule has 3 rings (SSSR count). The van der Waals surface area contributed by atoms with Gasteiger partial charge in [0.1, 0.15) is 0 Å². The van der Waals surface area contributed by atoms with Crippen molar-refractivity contribution in [2.24, 2.45) is 0 Å². The summed E-state index contributed by atoms with van der Waals surface area (Å²) in [6.07, 6.45) is 5.12. The Balaban J connectivity index is 1.49. The van der Waals surface area contributed by atoms with Gasteiger partial charge in [0.15, 0.2) is 5.82 Å². The third-order valence-electron chi connectivity index (χ3n) is 4.63. The number of alkyl carbamates (subject to hydrolysis) is 1. The van der Waals surface area contributed by atoms with Crippen LogP contribution in [0, 0.1) is 0 Å². The molecule has 0 aromatic carbocycles. The van der Waals surface area contributed by atoms with Crippen LogP contribution in [-0.4, -0.2) is 51.4 Å². The number of hydrogen-bond acceptors (Lipinski definition) is 7. The van der Waals surface area contributed by atoms with Crippen LogP contribution in [0.15, 0.2) is 18.5 Å². The summed E-state index contributed by atoms with van der Waals surface area (Å²) in [4.78, 5) is 32.1. The Morgan fingerprint density at radius 2 is 2.10 bits per heavy atom. The van der Waals surface area contributed by atoms with Gasteiger partial charge in [0, 0.05) is 23.7 Å². The second-order valence-corrected chi connectivity index (χ2v) is 7.29. The Labute approximate surface area is 168 Å². The standard InChI is InChI=1S/C19H26N6O4/c1-11(2)29-19(27)22-13-5-4-12(6-13)15-8-16(25-24-15)23-17(26)7-14-9-21-18(28-3)10-20-14/h8-13H,4-7H2,1-3H3,(H,22,27)(H2,23,24,25,26)/t12-,13+/m0/s1. The molecule has 1 aliphatic rings. The normalized spacial score (nSPS) is 18.5. The second kappa shape index (κ2) is 9.35. The lowest BCUT2D eigenvalue weighted by Gasteiger charge is -2.14. The molecule has 1 saturated carbocycles. The highest BCUT2D eigenvalue weighted by Gasteiger charge is 2.29. The van der Waals surface area contributed by atoms with Crippen LogP contribution in [0.25, 0.3) is 0 Å². The SMILES string of the molecule is COc1cnc(CC(=O)Nc2cc([C@H]3CC[C@@H](NC(=O)OC(C)C)C3)[nH]n2)cn1. The molecule has 0 radical (unpaired) electrons. The van der Waals surface area contributed by atoms with Crippen molar-refractivity contribution in [1.82, 2.24) is 25.5 Å². The number of H-pyrrole nitrogens is 1. The molecule has 2 heterocycles. The first-order chi connectivity index (χ1) is 13.9. The summed E-state index contributed by atoms with van der Waals surface area (Å²) < 4.78 is 10.1. The fourth-order valence-electron chi connectivity index (χ4n) is 3.31. The van der Waals surface area contributed by atoms with E-state index < -0.39 is 0 Å². The Bertz CT molecular complexity index is 835. The highest BCUT2D eigenvalue weighted by atomic mass is 16.6. The van der Waals surface area contributed by atoms with E-state index in [0.29, 0.717) is 17.4 Å². The first-order valence-corrected chi connectivity index (χ1v) is 9.60. The van der Waals surface area contributed by atoms with Crippen LogP contribution in [0.5, 0.6) is 5.88 Å². The van der Waals surface area contributed by atoms with Gasteiger partial charge < -0.3 is 20.1 Å². The molecule has 2 aromatic rings. The van der Waals surface area contributed by atoms with Crippen molar-refractivity contribution in [2.45, 2.75) is 57.6 Å². The number of aromatic amines is 1. The Morgan fingerprint density at radius 3 is 2.79 bits per heavy atom. The molecule has 2 aromatic heterocycles. The average molecular weight is 402 g/mol.